The second-order valence-electron chi connectivity index (χ2n) is 5.54. The summed E-state index contributed by atoms with van der Waals surface area (Å²) in [5.74, 6) is 2.27. The molecule has 0 aliphatic heterocycles. The first-order valence-electron chi connectivity index (χ1n) is 7.55. The normalized spacial score (nSPS) is 17.2. The minimum absolute atomic E-state index is 0.0954. The van der Waals surface area contributed by atoms with Crippen molar-refractivity contribution in [3.63, 3.8) is 0 Å². The van der Waals surface area contributed by atoms with Crippen LogP contribution in [0.15, 0.2) is 34.9 Å². The monoisotopic (exact) mass is 303 g/mol. The molecule has 5 heteroatoms. The second kappa shape index (κ2) is 7.09. The zero-order chi connectivity index (χ0) is 14.5. The maximum absolute atomic E-state index is 6.18. The van der Waals surface area contributed by atoms with Gasteiger partial charge < -0.3 is 10.3 Å². The fourth-order valence-corrected chi connectivity index (χ4v) is 3.85. The zero-order valence-electron chi connectivity index (χ0n) is 12.1. The quantitative estimate of drug-likeness (QED) is 0.885. The van der Waals surface area contributed by atoms with Crippen LogP contribution >= 0.6 is 11.8 Å². The van der Waals surface area contributed by atoms with Crippen molar-refractivity contribution < 1.29 is 4.52 Å². The number of hydrogen-bond donors (Lipinski definition) is 1. The van der Waals surface area contributed by atoms with Crippen molar-refractivity contribution in [1.29, 1.82) is 0 Å². The zero-order valence-corrected chi connectivity index (χ0v) is 12.9. The average molecular weight is 303 g/mol. The van der Waals surface area contributed by atoms with Crippen molar-refractivity contribution in [1.82, 2.24) is 10.1 Å². The van der Waals surface area contributed by atoms with Gasteiger partial charge in [0.15, 0.2) is 5.82 Å². The average Bonchev–Trinajstić information content (AvgIpc) is 3.17. The number of nitrogens with zero attached hydrogens (tertiary/aromatic N) is 2. The van der Waals surface area contributed by atoms with Crippen molar-refractivity contribution in [2.75, 3.05) is 0 Å². The van der Waals surface area contributed by atoms with E-state index < -0.39 is 0 Å². The summed E-state index contributed by atoms with van der Waals surface area (Å²) in [6, 6.07) is 9.93. The number of thioether (sulfide) groups is 1. The Hall–Kier alpha value is -1.33. The van der Waals surface area contributed by atoms with Crippen LogP contribution in [0.25, 0.3) is 0 Å². The summed E-state index contributed by atoms with van der Waals surface area (Å²) in [7, 11) is 0. The van der Waals surface area contributed by atoms with E-state index in [1.807, 2.05) is 42.1 Å². The number of hydrogen-bond acceptors (Lipinski definition) is 5. The Labute approximate surface area is 129 Å². The summed E-state index contributed by atoms with van der Waals surface area (Å²) >= 11 is 1.95. The van der Waals surface area contributed by atoms with Crippen LogP contribution in [-0.2, 0) is 12.2 Å². The highest BCUT2D eigenvalue weighted by Crippen LogP contribution is 2.31. The molecule has 112 valence electrons. The Balaban J connectivity index is 1.52. The van der Waals surface area contributed by atoms with E-state index in [9.17, 15) is 0 Å². The molecule has 0 bridgehead atoms. The predicted octanol–water partition coefficient (Wildman–Crippen LogP) is 3.49. The van der Waals surface area contributed by atoms with Gasteiger partial charge >= 0.3 is 0 Å². The number of nitrogens with two attached hydrogens (primary N) is 1. The van der Waals surface area contributed by atoms with Crippen molar-refractivity contribution in [2.24, 2.45) is 5.73 Å². The first kappa shape index (κ1) is 14.6. The van der Waals surface area contributed by atoms with Gasteiger partial charge in [-0.2, -0.15) is 16.7 Å². The summed E-state index contributed by atoms with van der Waals surface area (Å²) in [5, 5.41) is 4.84. The van der Waals surface area contributed by atoms with Crippen LogP contribution in [0.3, 0.4) is 0 Å². The summed E-state index contributed by atoms with van der Waals surface area (Å²) in [4.78, 5) is 4.46. The highest BCUT2D eigenvalue weighted by Gasteiger charge is 2.17. The molecule has 0 saturated heterocycles. The first-order valence-corrected chi connectivity index (χ1v) is 8.60. The molecule has 1 atom stereocenters. The van der Waals surface area contributed by atoms with E-state index >= 15 is 0 Å². The van der Waals surface area contributed by atoms with Gasteiger partial charge in [-0.1, -0.05) is 48.3 Å². The fraction of sp³-hybridized carbons (Fsp3) is 0.500. The summed E-state index contributed by atoms with van der Waals surface area (Å²) < 4.78 is 5.32. The van der Waals surface area contributed by atoms with Gasteiger partial charge in [0.1, 0.15) is 0 Å². The Kier molecular flexibility index (Phi) is 4.93. The smallest absolute Gasteiger partial charge is 0.228 e. The van der Waals surface area contributed by atoms with Gasteiger partial charge in [-0.05, 0) is 18.4 Å². The van der Waals surface area contributed by atoms with Crippen molar-refractivity contribution >= 4 is 11.8 Å². The lowest BCUT2D eigenvalue weighted by molar-refractivity contribution is 0.366. The molecule has 0 amide bonds. The molecule has 1 aliphatic carbocycles. The van der Waals surface area contributed by atoms with Crippen LogP contribution in [0.2, 0.25) is 0 Å². The minimum Gasteiger partial charge on any atom is -0.339 e. The van der Waals surface area contributed by atoms with Crippen LogP contribution < -0.4 is 5.73 Å². The molecule has 4 nitrogen and oxygen atoms in total. The molecule has 2 aromatic rings. The molecular weight excluding hydrogens is 282 g/mol. The summed E-state index contributed by atoms with van der Waals surface area (Å²) in [5.41, 5.74) is 7.27. The molecule has 1 aromatic carbocycles. The first-order chi connectivity index (χ1) is 10.3. The Morgan fingerprint density at radius 2 is 2.00 bits per heavy atom. The Bertz CT molecular complexity index is 552. The van der Waals surface area contributed by atoms with Gasteiger partial charge in [-0.25, -0.2) is 0 Å². The van der Waals surface area contributed by atoms with E-state index in [4.69, 9.17) is 10.3 Å². The lowest BCUT2D eigenvalue weighted by Crippen LogP contribution is -2.13. The van der Waals surface area contributed by atoms with E-state index in [2.05, 4.69) is 10.1 Å². The topological polar surface area (TPSA) is 64.9 Å². The SMILES string of the molecule is NC(Cc1nc(CSC2CCCC2)no1)c1ccccc1. The van der Waals surface area contributed by atoms with Gasteiger partial charge in [-0.3, -0.25) is 0 Å². The maximum Gasteiger partial charge on any atom is 0.228 e. The van der Waals surface area contributed by atoms with Crippen LogP contribution in [-0.4, -0.2) is 15.4 Å². The van der Waals surface area contributed by atoms with Gasteiger partial charge in [0.2, 0.25) is 5.89 Å². The lowest BCUT2D eigenvalue weighted by Gasteiger charge is -2.08. The molecule has 0 radical (unpaired) electrons. The molecule has 21 heavy (non-hydrogen) atoms. The highest BCUT2D eigenvalue weighted by molar-refractivity contribution is 7.99. The number of rotatable bonds is 6. The molecule has 2 N–H and O–H groups in total. The third-order valence-electron chi connectivity index (χ3n) is 3.88. The fourth-order valence-electron chi connectivity index (χ4n) is 2.69. The third-order valence-corrected chi connectivity index (χ3v) is 5.25. The third kappa shape index (κ3) is 4.08. The van der Waals surface area contributed by atoms with E-state index in [0.29, 0.717) is 12.3 Å². The molecule has 0 spiro atoms. The molecule has 1 fully saturated rings. The van der Waals surface area contributed by atoms with Crippen molar-refractivity contribution in [3.05, 3.63) is 47.6 Å². The summed E-state index contributed by atoms with van der Waals surface area (Å²) in [6.45, 7) is 0. The molecule has 3 rings (SSSR count). The Morgan fingerprint density at radius 3 is 2.76 bits per heavy atom. The van der Waals surface area contributed by atoms with E-state index in [1.54, 1.807) is 0 Å². The largest absolute Gasteiger partial charge is 0.339 e. The number of aromatic nitrogens is 2. The molecule has 1 unspecified atom stereocenters. The molecular formula is C16H21N3OS. The van der Waals surface area contributed by atoms with Crippen LogP contribution in [0.5, 0.6) is 0 Å². The van der Waals surface area contributed by atoms with Crippen molar-refractivity contribution in [3.8, 4) is 0 Å². The molecule has 1 saturated carbocycles. The lowest BCUT2D eigenvalue weighted by atomic mass is 10.1. The van der Waals surface area contributed by atoms with Gasteiger partial charge in [-0.15, -0.1) is 0 Å². The molecule has 1 aromatic heterocycles. The van der Waals surface area contributed by atoms with E-state index in [0.717, 1.165) is 22.4 Å². The standard InChI is InChI=1S/C16H21N3OS/c17-14(12-6-2-1-3-7-12)10-16-18-15(19-20-16)11-21-13-8-4-5-9-13/h1-3,6-7,13-14H,4-5,8-11,17H2. The van der Waals surface area contributed by atoms with Crippen molar-refractivity contribution in [2.45, 2.75) is 49.1 Å². The minimum atomic E-state index is -0.0954. The van der Waals surface area contributed by atoms with Crippen LogP contribution in [0, 0.1) is 0 Å². The van der Waals surface area contributed by atoms with Gasteiger partial charge in [0.25, 0.3) is 0 Å². The maximum atomic E-state index is 6.18. The molecule has 1 aliphatic rings. The summed E-state index contributed by atoms with van der Waals surface area (Å²) in [6.07, 6.45) is 5.97. The molecule has 1 heterocycles. The van der Waals surface area contributed by atoms with Crippen LogP contribution in [0.4, 0.5) is 0 Å². The highest BCUT2D eigenvalue weighted by atomic mass is 32.2. The van der Waals surface area contributed by atoms with E-state index in [1.165, 1.54) is 25.7 Å². The van der Waals surface area contributed by atoms with Gasteiger partial charge in [0, 0.05) is 17.7 Å². The van der Waals surface area contributed by atoms with Crippen LogP contribution in [0.1, 0.15) is 49.0 Å². The predicted molar refractivity (Wildman–Crippen MR) is 84.9 cm³/mol. The van der Waals surface area contributed by atoms with E-state index in [-0.39, 0.29) is 6.04 Å². The Morgan fingerprint density at radius 1 is 1.24 bits per heavy atom. The number of benzene rings is 1. The second-order valence-corrected chi connectivity index (χ2v) is 6.83. The van der Waals surface area contributed by atoms with Gasteiger partial charge in [0.05, 0.1) is 5.75 Å².